The molecule has 0 spiro atoms. The molecular formula is C12H16N4O3S2. The molecule has 0 bridgehead atoms. The molecule has 7 nitrogen and oxygen atoms in total. The second kappa shape index (κ2) is 5.49. The Morgan fingerprint density at radius 3 is 2.67 bits per heavy atom. The minimum atomic E-state index is -3.81. The van der Waals surface area contributed by atoms with Crippen LogP contribution in [0.3, 0.4) is 0 Å². The molecule has 0 aliphatic heterocycles. The van der Waals surface area contributed by atoms with Gasteiger partial charge in [-0.05, 0) is 26.3 Å². The molecule has 2 aromatic rings. The van der Waals surface area contributed by atoms with E-state index in [0.29, 0.717) is 11.3 Å². The van der Waals surface area contributed by atoms with Crippen LogP contribution in [0, 0.1) is 13.8 Å². The molecule has 2 heterocycles. The first-order valence-corrected chi connectivity index (χ1v) is 8.53. The maximum atomic E-state index is 12.4. The van der Waals surface area contributed by atoms with Crippen LogP contribution in [0.15, 0.2) is 11.0 Å². The summed E-state index contributed by atoms with van der Waals surface area (Å²) in [6, 6.07) is 1.29. The Bertz CT molecular complexity index is 790. The summed E-state index contributed by atoms with van der Waals surface area (Å²) < 4.78 is 27.3. The third kappa shape index (κ3) is 2.93. The van der Waals surface area contributed by atoms with E-state index in [2.05, 4.69) is 14.9 Å². The highest BCUT2D eigenvalue weighted by molar-refractivity contribution is 7.93. The smallest absolute Gasteiger partial charge is 0.264 e. The van der Waals surface area contributed by atoms with Crippen molar-refractivity contribution >= 4 is 33.1 Å². The number of nitrogens with one attached hydrogen (secondary N) is 2. The highest BCUT2D eigenvalue weighted by Crippen LogP contribution is 2.28. The number of nitrogens with two attached hydrogens (primary N) is 1. The molecule has 0 fully saturated rings. The largest absolute Gasteiger partial charge is 0.365 e. The van der Waals surface area contributed by atoms with Crippen LogP contribution in [0.5, 0.6) is 0 Å². The van der Waals surface area contributed by atoms with Crippen molar-refractivity contribution in [3.63, 3.8) is 0 Å². The van der Waals surface area contributed by atoms with Crippen molar-refractivity contribution in [1.29, 1.82) is 0 Å². The summed E-state index contributed by atoms with van der Waals surface area (Å²) in [5, 5.41) is 6.72. The normalized spacial score (nSPS) is 11.6. The van der Waals surface area contributed by atoms with Crippen LogP contribution in [0.25, 0.3) is 0 Å². The average molecular weight is 328 g/mol. The molecule has 0 unspecified atom stereocenters. The van der Waals surface area contributed by atoms with Crippen molar-refractivity contribution in [1.82, 2.24) is 10.2 Å². The number of aromatic nitrogens is 2. The molecule has 2 aromatic heterocycles. The molecule has 2 rings (SSSR count). The van der Waals surface area contributed by atoms with Crippen molar-refractivity contribution < 1.29 is 13.2 Å². The first kappa shape index (κ1) is 15.5. The van der Waals surface area contributed by atoms with Gasteiger partial charge in [0.05, 0.1) is 4.88 Å². The van der Waals surface area contributed by atoms with E-state index in [0.717, 1.165) is 22.6 Å². The Morgan fingerprint density at radius 2 is 2.14 bits per heavy atom. The van der Waals surface area contributed by atoms with E-state index >= 15 is 0 Å². The number of carbonyl (C=O) groups excluding carboxylic acids is 1. The summed E-state index contributed by atoms with van der Waals surface area (Å²) in [5.41, 5.74) is 6.80. The van der Waals surface area contributed by atoms with Crippen LogP contribution in [-0.4, -0.2) is 24.5 Å². The first-order valence-electron chi connectivity index (χ1n) is 6.23. The minimum Gasteiger partial charge on any atom is -0.365 e. The van der Waals surface area contributed by atoms with Gasteiger partial charge in [-0.2, -0.15) is 5.10 Å². The fourth-order valence-corrected chi connectivity index (χ4v) is 4.49. The lowest BCUT2D eigenvalue weighted by atomic mass is 10.2. The lowest BCUT2D eigenvalue weighted by Gasteiger charge is -2.06. The van der Waals surface area contributed by atoms with E-state index in [1.54, 1.807) is 6.92 Å². The van der Waals surface area contributed by atoms with Gasteiger partial charge in [0.15, 0.2) is 5.82 Å². The summed E-state index contributed by atoms with van der Waals surface area (Å²) in [5.74, 6) is -0.365. The fraction of sp³-hybridized carbons (Fsp3) is 0.333. The summed E-state index contributed by atoms with van der Waals surface area (Å²) >= 11 is 1.05. The van der Waals surface area contributed by atoms with Gasteiger partial charge in [-0.25, -0.2) is 8.42 Å². The number of primary amides is 1. The number of hydrogen-bond acceptors (Lipinski definition) is 5. The summed E-state index contributed by atoms with van der Waals surface area (Å²) in [6.45, 7) is 5.36. The van der Waals surface area contributed by atoms with Crippen LogP contribution in [0.4, 0.5) is 5.82 Å². The first-order chi connectivity index (χ1) is 9.76. The van der Waals surface area contributed by atoms with E-state index in [1.165, 1.54) is 6.07 Å². The van der Waals surface area contributed by atoms with E-state index < -0.39 is 15.9 Å². The number of sulfonamides is 1. The topological polar surface area (TPSA) is 118 Å². The van der Waals surface area contributed by atoms with Crippen LogP contribution in [-0.2, 0) is 16.4 Å². The molecule has 114 valence electrons. The van der Waals surface area contributed by atoms with Gasteiger partial charge in [-0.1, -0.05) is 6.92 Å². The van der Waals surface area contributed by atoms with E-state index in [-0.39, 0.29) is 15.6 Å². The molecule has 9 heteroatoms. The van der Waals surface area contributed by atoms with Crippen molar-refractivity contribution in [2.75, 3.05) is 4.72 Å². The molecule has 21 heavy (non-hydrogen) atoms. The zero-order chi connectivity index (χ0) is 15.8. The molecule has 0 aromatic carbocycles. The second-order valence-electron chi connectivity index (χ2n) is 4.53. The highest BCUT2D eigenvalue weighted by Gasteiger charge is 2.23. The van der Waals surface area contributed by atoms with Crippen molar-refractivity contribution in [3.05, 3.63) is 27.1 Å². The number of nitrogens with zero attached hydrogens (tertiary/aromatic N) is 1. The number of hydrogen-bond donors (Lipinski definition) is 3. The van der Waals surface area contributed by atoms with Gasteiger partial charge in [0.25, 0.3) is 15.9 Å². The lowest BCUT2D eigenvalue weighted by molar-refractivity contribution is 0.100. The number of aryl methyl sites for hydroxylation is 2. The van der Waals surface area contributed by atoms with Crippen LogP contribution in [0.2, 0.25) is 0 Å². The number of amides is 1. The third-order valence-electron chi connectivity index (χ3n) is 3.06. The number of carbonyl (C=O) groups is 1. The van der Waals surface area contributed by atoms with Crippen LogP contribution < -0.4 is 10.5 Å². The predicted molar refractivity (Wildman–Crippen MR) is 81.1 cm³/mol. The number of aromatic amines is 1. The summed E-state index contributed by atoms with van der Waals surface area (Å²) in [6.07, 6.45) is 0.648. The Hall–Kier alpha value is -1.87. The SMILES string of the molecule is CCc1c(NS(=O)(=O)c2cc(C(N)=O)sc2C)n[nH]c1C. The number of rotatable bonds is 5. The Kier molecular flexibility index (Phi) is 4.06. The van der Waals surface area contributed by atoms with Gasteiger partial charge in [-0.15, -0.1) is 11.3 Å². The maximum absolute atomic E-state index is 12.4. The molecule has 0 aliphatic rings. The van der Waals surface area contributed by atoms with Crippen molar-refractivity contribution in [2.45, 2.75) is 32.1 Å². The predicted octanol–water partition coefficient (Wildman–Crippen LogP) is 1.55. The highest BCUT2D eigenvalue weighted by atomic mass is 32.2. The van der Waals surface area contributed by atoms with Crippen LogP contribution >= 0.6 is 11.3 Å². The Balaban J connectivity index is 2.41. The quantitative estimate of drug-likeness (QED) is 0.771. The standard InChI is InChI=1S/C12H16N4O3S2/c1-4-8-6(2)14-15-12(8)16-21(18,19)10-5-9(11(13)17)20-7(10)3/h5H,4H2,1-3H3,(H2,13,17)(H2,14,15,16). The van der Waals surface area contributed by atoms with Crippen LogP contribution in [0.1, 0.15) is 32.7 Å². The van der Waals surface area contributed by atoms with E-state index in [4.69, 9.17) is 5.73 Å². The van der Waals surface area contributed by atoms with Gasteiger partial charge < -0.3 is 5.73 Å². The van der Waals surface area contributed by atoms with Gasteiger partial charge in [-0.3, -0.25) is 14.6 Å². The fourth-order valence-electron chi connectivity index (χ4n) is 2.01. The number of thiophene rings is 1. The van der Waals surface area contributed by atoms with Gasteiger partial charge in [0, 0.05) is 16.1 Å². The molecule has 0 saturated heterocycles. The zero-order valence-corrected chi connectivity index (χ0v) is 13.5. The van der Waals surface area contributed by atoms with Crippen molar-refractivity contribution in [2.24, 2.45) is 5.73 Å². The number of H-pyrrole nitrogens is 1. The monoisotopic (exact) mass is 328 g/mol. The second-order valence-corrected chi connectivity index (χ2v) is 7.44. The van der Waals surface area contributed by atoms with E-state index in [9.17, 15) is 13.2 Å². The average Bonchev–Trinajstić information content (AvgIpc) is 2.93. The van der Waals surface area contributed by atoms with Crippen molar-refractivity contribution in [3.8, 4) is 0 Å². The molecule has 0 radical (unpaired) electrons. The Morgan fingerprint density at radius 1 is 1.48 bits per heavy atom. The maximum Gasteiger partial charge on any atom is 0.264 e. The minimum absolute atomic E-state index is 0.0454. The Labute approximate surface area is 126 Å². The van der Waals surface area contributed by atoms with Gasteiger partial charge in [0.2, 0.25) is 0 Å². The molecule has 0 atom stereocenters. The van der Waals surface area contributed by atoms with Gasteiger partial charge >= 0.3 is 0 Å². The molecular weight excluding hydrogens is 312 g/mol. The zero-order valence-electron chi connectivity index (χ0n) is 11.9. The molecule has 0 aliphatic carbocycles. The lowest BCUT2D eigenvalue weighted by Crippen LogP contribution is -2.15. The number of anilines is 1. The van der Waals surface area contributed by atoms with E-state index in [1.807, 2.05) is 13.8 Å². The summed E-state index contributed by atoms with van der Waals surface area (Å²) in [7, 11) is -3.81. The molecule has 4 N–H and O–H groups in total. The third-order valence-corrected chi connectivity index (χ3v) is 5.72. The summed E-state index contributed by atoms with van der Waals surface area (Å²) in [4.78, 5) is 11.9. The molecule has 1 amide bonds. The molecule has 0 saturated carbocycles. The van der Waals surface area contributed by atoms with Gasteiger partial charge in [0.1, 0.15) is 4.90 Å².